The van der Waals surface area contributed by atoms with Gasteiger partial charge in [-0.2, -0.15) is 11.8 Å². The van der Waals surface area contributed by atoms with Crippen LogP contribution < -0.4 is 11.5 Å². The lowest BCUT2D eigenvalue weighted by Crippen LogP contribution is -2.49. The molecule has 0 rings (SSSR count). The summed E-state index contributed by atoms with van der Waals surface area (Å²) in [4.78, 5) is 10.9. The van der Waals surface area contributed by atoms with Gasteiger partial charge in [0.15, 0.2) is 0 Å². The molecule has 2 unspecified atom stereocenters. The highest BCUT2D eigenvalue weighted by Crippen LogP contribution is 2.15. The van der Waals surface area contributed by atoms with Crippen LogP contribution >= 0.6 is 11.8 Å². The molecule has 0 aromatic rings. The zero-order chi connectivity index (χ0) is 11.2. The molecule has 0 aliphatic rings. The number of primary amides is 1. The van der Waals surface area contributed by atoms with Crippen LogP contribution in [0.25, 0.3) is 0 Å². The van der Waals surface area contributed by atoms with E-state index in [0.717, 1.165) is 17.4 Å². The average Bonchev–Trinajstić information content (AvgIpc) is 2.11. The highest BCUT2D eigenvalue weighted by Gasteiger charge is 2.24. The van der Waals surface area contributed by atoms with Crippen molar-refractivity contribution in [2.45, 2.75) is 39.2 Å². The molecule has 0 aromatic heterocycles. The molecular weight excluding hydrogens is 196 g/mol. The van der Waals surface area contributed by atoms with Gasteiger partial charge in [-0.15, -0.1) is 0 Å². The fourth-order valence-corrected chi connectivity index (χ4v) is 2.18. The van der Waals surface area contributed by atoms with E-state index >= 15 is 0 Å². The standard InChI is InChI=1S/C10H22N2OS/c1-4-8(2)7-14-6-5-10(3,12)9(11)13/h8H,4-7,12H2,1-3H3,(H2,11,13). The van der Waals surface area contributed by atoms with Crippen LogP contribution in [0.3, 0.4) is 0 Å². The van der Waals surface area contributed by atoms with Gasteiger partial charge in [0.2, 0.25) is 5.91 Å². The van der Waals surface area contributed by atoms with Gasteiger partial charge in [0.1, 0.15) is 0 Å². The zero-order valence-electron chi connectivity index (χ0n) is 9.38. The Labute approximate surface area is 91.0 Å². The normalized spacial score (nSPS) is 17.4. The summed E-state index contributed by atoms with van der Waals surface area (Å²) in [6, 6.07) is 0. The molecule has 14 heavy (non-hydrogen) atoms. The summed E-state index contributed by atoms with van der Waals surface area (Å²) in [5, 5.41) is 0. The van der Waals surface area contributed by atoms with Crippen molar-refractivity contribution < 1.29 is 4.79 Å². The molecule has 0 saturated heterocycles. The number of carbonyl (C=O) groups excluding carboxylic acids is 1. The molecule has 0 radical (unpaired) electrons. The third-order valence-electron chi connectivity index (χ3n) is 2.43. The largest absolute Gasteiger partial charge is 0.368 e. The van der Waals surface area contributed by atoms with Crippen molar-refractivity contribution in [2.24, 2.45) is 17.4 Å². The van der Waals surface area contributed by atoms with Gasteiger partial charge in [-0.25, -0.2) is 0 Å². The van der Waals surface area contributed by atoms with Crippen LogP contribution in [-0.2, 0) is 4.79 Å². The van der Waals surface area contributed by atoms with E-state index in [-0.39, 0.29) is 0 Å². The van der Waals surface area contributed by atoms with Gasteiger partial charge in [-0.05, 0) is 30.8 Å². The van der Waals surface area contributed by atoms with E-state index in [2.05, 4.69) is 13.8 Å². The van der Waals surface area contributed by atoms with Crippen LogP contribution in [0.1, 0.15) is 33.6 Å². The number of hydrogen-bond donors (Lipinski definition) is 2. The van der Waals surface area contributed by atoms with Crippen molar-refractivity contribution in [1.82, 2.24) is 0 Å². The second-order valence-corrected chi connectivity index (χ2v) is 5.27. The van der Waals surface area contributed by atoms with E-state index in [0.29, 0.717) is 6.42 Å². The van der Waals surface area contributed by atoms with Crippen molar-refractivity contribution in [2.75, 3.05) is 11.5 Å². The molecule has 84 valence electrons. The summed E-state index contributed by atoms with van der Waals surface area (Å²) in [5.74, 6) is 2.35. The van der Waals surface area contributed by atoms with Crippen molar-refractivity contribution in [3.05, 3.63) is 0 Å². The lowest BCUT2D eigenvalue weighted by molar-refractivity contribution is -0.122. The number of amides is 1. The SMILES string of the molecule is CCC(C)CSCCC(C)(N)C(N)=O. The number of carbonyl (C=O) groups is 1. The Morgan fingerprint density at radius 2 is 2.14 bits per heavy atom. The third-order valence-corrected chi connectivity index (χ3v) is 3.73. The molecule has 0 bridgehead atoms. The first kappa shape index (κ1) is 13.8. The first-order valence-electron chi connectivity index (χ1n) is 5.06. The van der Waals surface area contributed by atoms with Crippen molar-refractivity contribution in [3.8, 4) is 0 Å². The second kappa shape index (κ2) is 6.30. The van der Waals surface area contributed by atoms with Gasteiger partial charge in [0.05, 0.1) is 5.54 Å². The van der Waals surface area contributed by atoms with Crippen LogP contribution in [0.5, 0.6) is 0 Å². The van der Waals surface area contributed by atoms with E-state index in [9.17, 15) is 4.79 Å². The minimum atomic E-state index is -0.845. The molecule has 0 aliphatic heterocycles. The Balaban J connectivity index is 3.59. The molecule has 0 fully saturated rings. The van der Waals surface area contributed by atoms with Crippen LogP contribution in [0.2, 0.25) is 0 Å². The summed E-state index contributed by atoms with van der Waals surface area (Å²) in [6.45, 7) is 6.10. The summed E-state index contributed by atoms with van der Waals surface area (Å²) >= 11 is 1.84. The summed E-state index contributed by atoms with van der Waals surface area (Å²) in [6.07, 6.45) is 1.85. The maximum Gasteiger partial charge on any atom is 0.237 e. The van der Waals surface area contributed by atoms with Crippen LogP contribution in [0.4, 0.5) is 0 Å². The van der Waals surface area contributed by atoms with E-state index in [4.69, 9.17) is 11.5 Å². The predicted octanol–water partition coefficient (Wildman–Crippen LogP) is 1.36. The van der Waals surface area contributed by atoms with Gasteiger partial charge in [-0.3, -0.25) is 4.79 Å². The Morgan fingerprint density at radius 3 is 2.57 bits per heavy atom. The molecule has 0 aliphatic carbocycles. The molecule has 3 nitrogen and oxygen atoms in total. The zero-order valence-corrected chi connectivity index (χ0v) is 10.2. The Kier molecular flexibility index (Phi) is 6.20. The maximum atomic E-state index is 10.9. The van der Waals surface area contributed by atoms with E-state index in [1.807, 2.05) is 11.8 Å². The number of hydrogen-bond acceptors (Lipinski definition) is 3. The topological polar surface area (TPSA) is 69.1 Å². The summed E-state index contributed by atoms with van der Waals surface area (Å²) < 4.78 is 0. The molecule has 1 amide bonds. The van der Waals surface area contributed by atoms with Crippen molar-refractivity contribution in [1.29, 1.82) is 0 Å². The fourth-order valence-electron chi connectivity index (χ4n) is 0.810. The first-order valence-corrected chi connectivity index (χ1v) is 6.22. The molecule has 0 saturated carbocycles. The predicted molar refractivity (Wildman–Crippen MR) is 63.2 cm³/mol. The molecule has 0 heterocycles. The highest BCUT2D eigenvalue weighted by atomic mass is 32.2. The van der Waals surface area contributed by atoms with Crippen LogP contribution in [-0.4, -0.2) is 23.0 Å². The Bertz CT molecular complexity index is 183. The lowest BCUT2D eigenvalue weighted by Gasteiger charge is -2.20. The quantitative estimate of drug-likeness (QED) is 0.634. The van der Waals surface area contributed by atoms with Gasteiger partial charge >= 0.3 is 0 Å². The van der Waals surface area contributed by atoms with Crippen LogP contribution in [0, 0.1) is 5.92 Å². The highest BCUT2D eigenvalue weighted by molar-refractivity contribution is 7.99. The molecule has 0 aromatic carbocycles. The van der Waals surface area contributed by atoms with Gasteiger partial charge in [-0.1, -0.05) is 20.3 Å². The van der Waals surface area contributed by atoms with Crippen molar-refractivity contribution >= 4 is 17.7 Å². The number of rotatable bonds is 7. The first-order chi connectivity index (χ1) is 6.40. The second-order valence-electron chi connectivity index (χ2n) is 4.12. The Morgan fingerprint density at radius 1 is 1.57 bits per heavy atom. The lowest BCUT2D eigenvalue weighted by atomic mass is 10.0. The maximum absolute atomic E-state index is 10.9. The van der Waals surface area contributed by atoms with E-state index in [1.165, 1.54) is 6.42 Å². The summed E-state index contributed by atoms with van der Waals surface area (Å²) in [5.41, 5.74) is 10.0. The minimum Gasteiger partial charge on any atom is -0.368 e. The number of nitrogens with two attached hydrogens (primary N) is 2. The smallest absolute Gasteiger partial charge is 0.237 e. The van der Waals surface area contributed by atoms with Gasteiger partial charge in [0, 0.05) is 0 Å². The molecule has 0 spiro atoms. The average molecular weight is 218 g/mol. The molecule has 4 heteroatoms. The van der Waals surface area contributed by atoms with E-state index < -0.39 is 11.4 Å². The van der Waals surface area contributed by atoms with Crippen LogP contribution in [0.15, 0.2) is 0 Å². The van der Waals surface area contributed by atoms with Gasteiger partial charge < -0.3 is 11.5 Å². The fraction of sp³-hybridized carbons (Fsp3) is 0.900. The third kappa shape index (κ3) is 5.50. The van der Waals surface area contributed by atoms with Crippen molar-refractivity contribution in [3.63, 3.8) is 0 Å². The Hall–Kier alpha value is -0.220. The summed E-state index contributed by atoms with van der Waals surface area (Å²) in [7, 11) is 0. The monoisotopic (exact) mass is 218 g/mol. The molecule has 4 N–H and O–H groups in total. The van der Waals surface area contributed by atoms with Gasteiger partial charge in [0.25, 0.3) is 0 Å². The molecule has 2 atom stereocenters. The molecular formula is C10H22N2OS. The number of thioether (sulfide) groups is 1. The minimum absolute atomic E-state index is 0.415. The van der Waals surface area contributed by atoms with E-state index in [1.54, 1.807) is 6.92 Å².